The Bertz CT molecular complexity index is 788. The zero-order chi connectivity index (χ0) is 15.9. The second-order valence-corrected chi connectivity index (χ2v) is 5.59. The van der Waals surface area contributed by atoms with Crippen molar-refractivity contribution in [1.82, 2.24) is 0 Å². The molecular weight excluding hydrogens is 325 g/mol. The minimum Gasteiger partial charge on any atom is -0.295 e. The fourth-order valence-electron chi connectivity index (χ4n) is 2.12. The third-order valence-corrected chi connectivity index (χ3v) is 4.02. The van der Waals surface area contributed by atoms with E-state index in [0.717, 1.165) is 5.06 Å². The Morgan fingerprint density at radius 1 is 1.18 bits per heavy atom. The second-order valence-electron chi connectivity index (χ2n) is 4.78. The maximum Gasteiger partial charge on any atom is 0.184 e. The highest BCUT2D eigenvalue weighted by Crippen LogP contribution is 2.37. The predicted octanol–water partition coefficient (Wildman–Crippen LogP) is 4.18. The molecule has 1 heterocycles. The van der Waals surface area contributed by atoms with E-state index in [4.69, 9.17) is 23.2 Å². The Balaban J connectivity index is 1.98. The Kier molecular flexibility index (Phi) is 3.78. The molecule has 0 amide bonds. The zero-order valence-corrected chi connectivity index (χ0v) is 13.0. The molecule has 0 atom stereocenters. The Labute approximate surface area is 136 Å². The van der Waals surface area contributed by atoms with Crippen molar-refractivity contribution in [3.05, 3.63) is 57.6 Å². The van der Waals surface area contributed by atoms with Crippen LogP contribution in [0, 0.1) is 0 Å². The van der Waals surface area contributed by atoms with Crippen molar-refractivity contribution in [3.8, 4) is 0 Å². The van der Waals surface area contributed by atoms with Crippen molar-refractivity contribution in [2.24, 2.45) is 5.10 Å². The van der Waals surface area contributed by atoms with Gasteiger partial charge in [-0.25, -0.2) is 5.06 Å². The van der Waals surface area contributed by atoms with Crippen molar-refractivity contribution < 1.29 is 10.0 Å². The molecule has 0 spiro atoms. The molecule has 0 aromatic heterocycles. The summed E-state index contributed by atoms with van der Waals surface area (Å²) >= 11 is 11.9. The summed E-state index contributed by atoms with van der Waals surface area (Å²) in [5.74, 6) is 0.267. The summed E-state index contributed by atoms with van der Waals surface area (Å²) in [7, 11) is 0. The third kappa shape index (κ3) is 2.54. The molecule has 2 aromatic carbocycles. The summed E-state index contributed by atoms with van der Waals surface area (Å²) < 4.78 is 0. The maximum atomic E-state index is 11.3. The number of nitrogens with one attached hydrogen (secondary N) is 1. The summed E-state index contributed by atoms with van der Waals surface area (Å²) in [6.07, 6.45) is 0. The number of carbonyl (C=O) groups is 1. The summed E-state index contributed by atoms with van der Waals surface area (Å²) in [4.78, 5) is 11.3. The maximum absolute atomic E-state index is 11.3. The van der Waals surface area contributed by atoms with Crippen LogP contribution < -0.4 is 10.5 Å². The van der Waals surface area contributed by atoms with Crippen LogP contribution in [-0.4, -0.2) is 16.8 Å². The van der Waals surface area contributed by atoms with Gasteiger partial charge in [0.15, 0.2) is 11.6 Å². The van der Waals surface area contributed by atoms with Crippen LogP contribution in [0.5, 0.6) is 0 Å². The average molecular weight is 336 g/mol. The number of carbonyl (C=O) groups excluding carboxylic acids is 1. The number of hydrogen-bond donors (Lipinski definition) is 2. The van der Waals surface area contributed by atoms with E-state index in [0.29, 0.717) is 38.4 Å². The van der Waals surface area contributed by atoms with Gasteiger partial charge in [0.1, 0.15) is 0 Å². The number of nitrogens with zero attached hydrogens (tertiary/aromatic N) is 2. The number of hydroxylamine groups is 1. The molecule has 0 saturated heterocycles. The van der Waals surface area contributed by atoms with Crippen molar-refractivity contribution in [1.29, 1.82) is 0 Å². The number of fused-ring (bicyclic) bond motifs is 1. The number of ketones is 1. The lowest BCUT2D eigenvalue weighted by atomic mass is 10.1. The quantitative estimate of drug-likeness (QED) is 0.808. The number of halogens is 2. The van der Waals surface area contributed by atoms with Crippen LogP contribution in [0.1, 0.15) is 22.8 Å². The zero-order valence-electron chi connectivity index (χ0n) is 11.5. The lowest BCUT2D eigenvalue weighted by molar-refractivity contribution is 0.101. The molecule has 0 fully saturated rings. The molecule has 2 aromatic rings. The minimum absolute atomic E-state index is 0.0251. The standard InChI is InChI=1S/C15H11Cl2N3O2/c1-8(21)9-2-4-10(5-3-9)15-19-18-13-6-11(16)12(17)7-14(13)20(15)22/h2-7,18,22H,1H3. The van der Waals surface area contributed by atoms with Gasteiger partial charge in [-0.1, -0.05) is 47.5 Å². The molecule has 1 aliphatic rings. The van der Waals surface area contributed by atoms with Gasteiger partial charge in [-0.05, 0) is 19.1 Å². The number of anilines is 2. The van der Waals surface area contributed by atoms with Gasteiger partial charge < -0.3 is 0 Å². The molecule has 5 nitrogen and oxygen atoms in total. The van der Waals surface area contributed by atoms with Crippen molar-refractivity contribution >= 4 is 46.2 Å². The number of rotatable bonds is 2. The topological polar surface area (TPSA) is 64.9 Å². The molecule has 2 N–H and O–H groups in total. The molecule has 0 radical (unpaired) electrons. The van der Waals surface area contributed by atoms with Gasteiger partial charge in [-0.15, -0.1) is 0 Å². The highest BCUT2D eigenvalue weighted by Gasteiger charge is 2.23. The first-order valence-electron chi connectivity index (χ1n) is 6.40. The van der Waals surface area contributed by atoms with E-state index in [1.165, 1.54) is 6.92 Å². The molecule has 0 bridgehead atoms. The van der Waals surface area contributed by atoms with E-state index in [9.17, 15) is 10.0 Å². The van der Waals surface area contributed by atoms with Crippen LogP contribution in [0.3, 0.4) is 0 Å². The lowest BCUT2D eigenvalue weighted by Gasteiger charge is -2.26. The molecule has 7 heteroatoms. The van der Waals surface area contributed by atoms with Gasteiger partial charge in [0.05, 0.1) is 21.4 Å². The van der Waals surface area contributed by atoms with Gasteiger partial charge in [0.2, 0.25) is 0 Å². The van der Waals surface area contributed by atoms with Crippen LogP contribution in [0.2, 0.25) is 10.0 Å². The minimum atomic E-state index is -0.0251. The van der Waals surface area contributed by atoms with E-state index in [2.05, 4.69) is 10.5 Å². The van der Waals surface area contributed by atoms with Crippen LogP contribution >= 0.6 is 23.2 Å². The van der Waals surface area contributed by atoms with E-state index >= 15 is 0 Å². The molecule has 0 saturated carbocycles. The number of hydrogen-bond acceptors (Lipinski definition) is 5. The first kappa shape index (κ1) is 14.8. The summed E-state index contributed by atoms with van der Waals surface area (Å²) in [6.45, 7) is 1.50. The first-order chi connectivity index (χ1) is 10.5. The molecule has 3 rings (SSSR count). The summed E-state index contributed by atoms with van der Waals surface area (Å²) in [5, 5.41) is 16.1. The van der Waals surface area contributed by atoms with Crippen molar-refractivity contribution in [2.75, 3.05) is 10.5 Å². The van der Waals surface area contributed by atoms with E-state index in [-0.39, 0.29) is 5.78 Å². The fraction of sp³-hybridized carbons (Fsp3) is 0.0667. The Morgan fingerprint density at radius 3 is 2.45 bits per heavy atom. The van der Waals surface area contributed by atoms with E-state index < -0.39 is 0 Å². The Hall–Kier alpha value is -2.08. The monoisotopic (exact) mass is 335 g/mol. The summed E-state index contributed by atoms with van der Waals surface area (Å²) in [6, 6.07) is 9.91. The number of benzene rings is 2. The average Bonchev–Trinajstić information content (AvgIpc) is 2.50. The molecule has 22 heavy (non-hydrogen) atoms. The van der Waals surface area contributed by atoms with Crippen LogP contribution in [0.25, 0.3) is 0 Å². The largest absolute Gasteiger partial charge is 0.295 e. The summed E-state index contributed by atoms with van der Waals surface area (Å²) in [5.41, 5.74) is 5.05. The number of hydrazone groups is 1. The highest BCUT2D eigenvalue weighted by atomic mass is 35.5. The van der Waals surface area contributed by atoms with E-state index in [1.807, 2.05) is 0 Å². The highest BCUT2D eigenvalue weighted by molar-refractivity contribution is 6.42. The Morgan fingerprint density at radius 2 is 1.82 bits per heavy atom. The SMILES string of the molecule is CC(=O)c1ccc(C2=NNc3cc(Cl)c(Cl)cc3N2O)cc1. The van der Waals surface area contributed by atoms with Crippen LogP contribution in [0.15, 0.2) is 41.5 Å². The molecule has 0 aliphatic carbocycles. The normalized spacial score (nSPS) is 13.3. The van der Waals surface area contributed by atoms with Gasteiger partial charge in [-0.3, -0.25) is 15.4 Å². The number of Topliss-reactive ketones (excluding diaryl/α,β-unsaturated/α-hetero) is 1. The smallest absolute Gasteiger partial charge is 0.184 e. The van der Waals surface area contributed by atoms with Crippen molar-refractivity contribution in [2.45, 2.75) is 6.92 Å². The van der Waals surface area contributed by atoms with Gasteiger partial charge >= 0.3 is 0 Å². The molecular formula is C15H11Cl2N3O2. The van der Waals surface area contributed by atoms with Gasteiger partial charge in [-0.2, -0.15) is 5.10 Å². The lowest BCUT2D eigenvalue weighted by Crippen LogP contribution is -2.32. The first-order valence-corrected chi connectivity index (χ1v) is 7.16. The van der Waals surface area contributed by atoms with E-state index in [1.54, 1.807) is 36.4 Å². The fourth-order valence-corrected chi connectivity index (χ4v) is 2.44. The van der Waals surface area contributed by atoms with Gasteiger partial charge in [0.25, 0.3) is 0 Å². The molecule has 0 unspecified atom stereocenters. The second kappa shape index (κ2) is 5.61. The van der Waals surface area contributed by atoms with Crippen molar-refractivity contribution in [3.63, 3.8) is 0 Å². The predicted molar refractivity (Wildman–Crippen MR) is 87.3 cm³/mol. The third-order valence-electron chi connectivity index (χ3n) is 3.30. The molecule has 112 valence electrons. The van der Waals surface area contributed by atoms with Gasteiger partial charge in [0, 0.05) is 11.1 Å². The van der Waals surface area contributed by atoms with Crippen LogP contribution in [-0.2, 0) is 0 Å². The molecule has 1 aliphatic heterocycles. The number of amidine groups is 1. The van der Waals surface area contributed by atoms with Crippen LogP contribution in [0.4, 0.5) is 11.4 Å².